The summed E-state index contributed by atoms with van der Waals surface area (Å²) in [6, 6.07) is 11.6. The van der Waals surface area contributed by atoms with Crippen LogP contribution in [0.5, 0.6) is 0 Å². The first-order valence-electron chi connectivity index (χ1n) is 9.67. The Balaban J connectivity index is 1.53. The van der Waals surface area contributed by atoms with E-state index in [1.165, 1.54) is 10.2 Å². The predicted molar refractivity (Wildman–Crippen MR) is 108 cm³/mol. The topological polar surface area (TPSA) is 117 Å². The molecule has 1 aromatic heterocycles. The molecule has 0 spiro atoms. The van der Waals surface area contributed by atoms with E-state index in [9.17, 15) is 14.4 Å². The summed E-state index contributed by atoms with van der Waals surface area (Å²) in [6.45, 7) is 4.06. The number of aromatic nitrogens is 2. The van der Waals surface area contributed by atoms with Crippen LogP contribution >= 0.6 is 0 Å². The zero-order chi connectivity index (χ0) is 20.8. The second-order valence-electron chi connectivity index (χ2n) is 7.16. The molecule has 0 bridgehead atoms. The summed E-state index contributed by atoms with van der Waals surface area (Å²) in [6.07, 6.45) is 1.32. The number of nitrogens with zero attached hydrogens (tertiary/aromatic N) is 2. The first kappa shape index (κ1) is 20.5. The molecule has 2 unspecified atom stereocenters. The molecule has 29 heavy (non-hydrogen) atoms. The van der Waals surface area contributed by atoms with Crippen molar-refractivity contribution in [3.8, 4) is 0 Å². The highest BCUT2D eigenvalue weighted by molar-refractivity contribution is 6.39. The van der Waals surface area contributed by atoms with E-state index in [0.717, 1.165) is 12.8 Å². The van der Waals surface area contributed by atoms with Gasteiger partial charge < -0.3 is 16.0 Å². The number of aryl methyl sites for hydroxylation is 2. The number of hydrogen-bond donors (Lipinski definition) is 4. The first-order valence-corrected chi connectivity index (χ1v) is 9.67. The van der Waals surface area contributed by atoms with Crippen LogP contribution in [0.2, 0.25) is 0 Å². The minimum Gasteiger partial charge on any atom is -0.348 e. The quantitative estimate of drug-likeness (QED) is 0.425. The summed E-state index contributed by atoms with van der Waals surface area (Å²) in [5, 5.41) is 15.5. The van der Waals surface area contributed by atoms with Crippen LogP contribution in [0.15, 0.2) is 36.4 Å². The number of hydrogen-bond acceptors (Lipinski definition) is 5. The summed E-state index contributed by atoms with van der Waals surface area (Å²) in [7, 11) is 0. The van der Waals surface area contributed by atoms with E-state index < -0.39 is 18.1 Å². The molecule has 0 aliphatic carbocycles. The van der Waals surface area contributed by atoms with Gasteiger partial charge in [0.1, 0.15) is 5.82 Å². The molecule has 9 heteroatoms. The van der Waals surface area contributed by atoms with E-state index in [1.807, 2.05) is 37.3 Å². The van der Waals surface area contributed by atoms with Gasteiger partial charge in [0, 0.05) is 25.1 Å². The SMILES string of the molecule is Cc1cc(NC(=O)C(=O)NCCCc2ccccc2)n(C2NC(=O)CC(C)N2)n1. The van der Waals surface area contributed by atoms with Crippen LogP contribution in [0.1, 0.15) is 37.3 Å². The molecule has 3 rings (SSSR count). The van der Waals surface area contributed by atoms with Crippen molar-refractivity contribution in [2.45, 2.75) is 45.4 Å². The van der Waals surface area contributed by atoms with Crippen LogP contribution in [-0.4, -0.2) is 40.1 Å². The molecule has 0 radical (unpaired) electrons. The van der Waals surface area contributed by atoms with E-state index in [1.54, 1.807) is 13.0 Å². The lowest BCUT2D eigenvalue weighted by molar-refractivity contribution is -0.136. The zero-order valence-electron chi connectivity index (χ0n) is 16.6. The standard InChI is InChI=1S/C20H26N6O3/c1-13-12-17(27)24-20(22-13)26-16(11-14(2)25-26)23-19(29)18(28)21-10-6-9-15-7-4-3-5-8-15/h3-5,7-8,11,13,20,22H,6,9-10,12H2,1-2H3,(H,21,28)(H,23,29)(H,24,27). The number of nitrogens with one attached hydrogen (secondary N) is 4. The lowest BCUT2D eigenvalue weighted by Gasteiger charge is -2.30. The normalized spacial score (nSPS) is 18.8. The maximum atomic E-state index is 12.3. The molecule has 0 saturated carbocycles. The van der Waals surface area contributed by atoms with Crippen molar-refractivity contribution in [3.63, 3.8) is 0 Å². The Morgan fingerprint density at radius 2 is 2.00 bits per heavy atom. The van der Waals surface area contributed by atoms with Gasteiger partial charge in [-0.15, -0.1) is 0 Å². The fourth-order valence-electron chi connectivity index (χ4n) is 3.19. The number of benzene rings is 1. The van der Waals surface area contributed by atoms with Gasteiger partial charge in [-0.3, -0.25) is 19.7 Å². The molecule has 1 aliphatic rings. The van der Waals surface area contributed by atoms with Gasteiger partial charge in [0.05, 0.1) is 5.69 Å². The van der Waals surface area contributed by atoms with Gasteiger partial charge in [-0.2, -0.15) is 5.10 Å². The molecule has 9 nitrogen and oxygen atoms in total. The average Bonchev–Trinajstić information content (AvgIpc) is 3.05. The number of amides is 3. The van der Waals surface area contributed by atoms with Crippen LogP contribution < -0.4 is 21.3 Å². The Labute approximate surface area is 169 Å². The highest BCUT2D eigenvalue weighted by Crippen LogP contribution is 2.17. The third-order valence-electron chi connectivity index (χ3n) is 4.55. The molecule has 1 saturated heterocycles. The van der Waals surface area contributed by atoms with Gasteiger partial charge in [-0.05, 0) is 32.3 Å². The number of carbonyl (C=O) groups excluding carboxylic acids is 3. The van der Waals surface area contributed by atoms with Gasteiger partial charge in [-0.1, -0.05) is 30.3 Å². The van der Waals surface area contributed by atoms with Crippen LogP contribution in [0.25, 0.3) is 0 Å². The molecule has 2 aromatic rings. The van der Waals surface area contributed by atoms with Crippen molar-refractivity contribution in [2.24, 2.45) is 0 Å². The fraction of sp³-hybridized carbons (Fsp3) is 0.400. The zero-order valence-corrected chi connectivity index (χ0v) is 16.6. The molecule has 154 valence electrons. The van der Waals surface area contributed by atoms with Crippen LogP contribution in [0, 0.1) is 6.92 Å². The van der Waals surface area contributed by atoms with Crippen LogP contribution in [-0.2, 0) is 20.8 Å². The Morgan fingerprint density at radius 3 is 2.72 bits per heavy atom. The third-order valence-corrected chi connectivity index (χ3v) is 4.55. The molecular formula is C20H26N6O3. The third kappa shape index (κ3) is 5.64. The Morgan fingerprint density at radius 1 is 1.24 bits per heavy atom. The van der Waals surface area contributed by atoms with Crippen molar-refractivity contribution < 1.29 is 14.4 Å². The summed E-state index contributed by atoms with van der Waals surface area (Å²) in [4.78, 5) is 36.2. The minimum absolute atomic E-state index is 0.0327. The largest absolute Gasteiger partial charge is 0.348 e. The lowest BCUT2D eigenvalue weighted by Crippen LogP contribution is -2.52. The number of carbonyl (C=O) groups is 3. The maximum absolute atomic E-state index is 12.3. The fourth-order valence-corrected chi connectivity index (χ4v) is 3.19. The van der Waals surface area contributed by atoms with Crippen molar-refractivity contribution in [1.29, 1.82) is 0 Å². The number of rotatable bonds is 6. The lowest BCUT2D eigenvalue weighted by atomic mass is 10.1. The predicted octanol–water partition coefficient (Wildman–Crippen LogP) is 0.833. The monoisotopic (exact) mass is 398 g/mol. The highest BCUT2D eigenvalue weighted by atomic mass is 16.2. The first-order chi connectivity index (χ1) is 13.9. The molecule has 1 aromatic carbocycles. The van der Waals surface area contributed by atoms with Gasteiger partial charge in [-0.25, -0.2) is 4.68 Å². The van der Waals surface area contributed by atoms with Crippen molar-refractivity contribution in [2.75, 3.05) is 11.9 Å². The van der Waals surface area contributed by atoms with Crippen LogP contribution in [0.3, 0.4) is 0 Å². The molecular weight excluding hydrogens is 372 g/mol. The van der Waals surface area contributed by atoms with E-state index in [2.05, 4.69) is 26.4 Å². The Hall–Kier alpha value is -3.20. The highest BCUT2D eigenvalue weighted by Gasteiger charge is 2.27. The Bertz CT molecular complexity index is 880. The molecule has 4 N–H and O–H groups in total. The number of anilines is 1. The van der Waals surface area contributed by atoms with E-state index >= 15 is 0 Å². The summed E-state index contributed by atoms with van der Waals surface area (Å²) < 4.78 is 1.46. The van der Waals surface area contributed by atoms with Crippen molar-refractivity contribution in [3.05, 3.63) is 47.7 Å². The smallest absolute Gasteiger partial charge is 0.314 e. The molecule has 1 fully saturated rings. The molecule has 2 heterocycles. The van der Waals surface area contributed by atoms with E-state index in [4.69, 9.17) is 0 Å². The van der Waals surface area contributed by atoms with Gasteiger partial charge in [0.2, 0.25) is 5.91 Å². The Kier molecular flexibility index (Phi) is 6.61. The molecule has 3 amide bonds. The second kappa shape index (κ2) is 9.33. The van der Waals surface area contributed by atoms with Crippen LogP contribution in [0.4, 0.5) is 5.82 Å². The van der Waals surface area contributed by atoms with Crippen molar-refractivity contribution >= 4 is 23.5 Å². The van der Waals surface area contributed by atoms with Gasteiger partial charge in [0.15, 0.2) is 6.29 Å². The maximum Gasteiger partial charge on any atom is 0.314 e. The van der Waals surface area contributed by atoms with E-state index in [0.29, 0.717) is 24.5 Å². The average molecular weight is 398 g/mol. The summed E-state index contributed by atoms with van der Waals surface area (Å²) in [5.74, 6) is -1.26. The van der Waals surface area contributed by atoms with Gasteiger partial charge in [0.25, 0.3) is 0 Å². The van der Waals surface area contributed by atoms with Gasteiger partial charge >= 0.3 is 11.8 Å². The minimum atomic E-state index is -0.777. The molecule has 2 atom stereocenters. The second-order valence-corrected chi connectivity index (χ2v) is 7.16. The van der Waals surface area contributed by atoms with E-state index in [-0.39, 0.29) is 11.9 Å². The summed E-state index contributed by atoms with van der Waals surface area (Å²) in [5.41, 5.74) is 1.83. The van der Waals surface area contributed by atoms with Crippen molar-refractivity contribution in [1.82, 2.24) is 25.7 Å². The summed E-state index contributed by atoms with van der Waals surface area (Å²) >= 11 is 0. The molecule has 1 aliphatic heterocycles.